The van der Waals surface area contributed by atoms with Crippen molar-refractivity contribution < 1.29 is 13.2 Å². The molecule has 2 N–H and O–H groups in total. The number of alkyl halides is 3. The lowest BCUT2D eigenvalue weighted by atomic mass is 10.1. The van der Waals surface area contributed by atoms with Gasteiger partial charge in [-0.1, -0.05) is 19.1 Å². The van der Waals surface area contributed by atoms with Gasteiger partial charge < -0.3 is 5.73 Å². The molecule has 0 atom stereocenters. The summed E-state index contributed by atoms with van der Waals surface area (Å²) in [6, 6.07) is 5.10. The molecular weight excluding hydrogens is 217 g/mol. The topological polar surface area (TPSA) is 38.4 Å². The van der Waals surface area contributed by atoms with Crippen LogP contribution in [-0.4, -0.2) is 5.84 Å². The Morgan fingerprint density at radius 2 is 2.06 bits per heavy atom. The quantitative estimate of drug-likeness (QED) is 0.629. The van der Waals surface area contributed by atoms with E-state index in [1.807, 2.05) is 6.92 Å². The molecule has 88 valence electrons. The largest absolute Gasteiger partial charge is 0.416 e. The van der Waals surface area contributed by atoms with Gasteiger partial charge in [0, 0.05) is 6.42 Å². The van der Waals surface area contributed by atoms with Crippen molar-refractivity contribution in [1.82, 2.24) is 0 Å². The van der Waals surface area contributed by atoms with Crippen molar-refractivity contribution in [3.05, 3.63) is 35.4 Å². The third-order valence-electron chi connectivity index (χ3n) is 2.08. The molecule has 0 fully saturated rings. The van der Waals surface area contributed by atoms with E-state index in [2.05, 4.69) is 4.99 Å². The van der Waals surface area contributed by atoms with Gasteiger partial charge >= 0.3 is 6.18 Å². The number of benzene rings is 1. The van der Waals surface area contributed by atoms with Crippen molar-refractivity contribution in [3.8, 4) is 0 Å². The average molecular weight is 230 g/mol. The summed E-state index contributed by atoms with van der Waals surface area (Å²) in [5.74, 6) is 0.442. The Kier molecular flexibility index (Phi) is 3.93. The van der Waals surface area contributed by atoms with Crippen molar-refractivity contribution in [1.29, 1.82) is 0 Å². The van der Waals surface area contributed by atoms with Gasteiger partial charge in [0.1, 0.15) is 0 Å². The highest BCUT2D eigenvalue weighted by atomic mass is 19.4. The first-order valence-corrected chi connectivity index (χ1v) is 4.88. The Morgan fingerprint density at radius 3 is 2.62 bits per heavy atom. The third kappa shape index (κ3) is 3.56. The predicted octanol–water partition coefficient (Wildman–Crippen LogP) is 2.97. The lowest BCUT2D eigenvalue weighted by molar-refractivity contribution is -0.137. The van der Waals surface area contributed by atoms with E-state index in [1.165, 1.54) is 6.07 Å². The fraction of sp³-hybridized carbons (Fsp3) is 0.364. The van der Waals surface area contributed by atoms with Crippen LogP contribution in [-0.2, 0) is 12.7 Å². The van der Waals surface area contributed by atoms with E-state index >= 15 is 0 Å². The molecule has 0 spiro atoms. The number of amidine groups is 1. The minimum absolute atomic E-state index is 0.184. The molecule has 0 bridgehead atoms. The predicted molar refractivity (Wildman–Crippen MR) is 57.1 cm³/mol. The number of aliphatic imine (C=N–C) groups is 1. The van der Waals surface area contributed by atoms with Crippen LogP contribution in [0.4, 0.5) is 13.2 Å². The summed E-state index contributed by atoms with van der Waals surface area (Å²) in [7, 11) is 0. The summed E-state index contributed by atoms with van der Waals surface area (Å²) < 4.78 is 37.1. The standard InChI is InChI=1S/C11H13F3N2/c1-2-10(15)16-7-8-4-3-5-9(6-8)11(12,13)14/h3-6H,2,7H2,1H3,(H2,15,16). The average Bonchev–Trinajstić information content (AvgIpc) is 2.25. The molecule has 0 saturated carbocycles. The Labute approximate surface area is 92.0 Å². The van der Waals surface area contributed by atoms with Crippen LogP contribution in [0.2, 0.25) is 0 Å². The van der Waals surface area contributed by atoms with Crippen LogP contribution < -0.4 is 5.73 Å². The first-order chi connectivity index (χ1) is 7.43. The van der Waals surface area contributed by atoms with E-state index in [1.54, 1.807) is 6.07 Å². The van der Waals surface area contributed by atoms with Crippen LogP contribution in [0, 0.1) is 0 Å². The van der Waals surface area contributed by atoms with Gasteiger partial charge in [-0.2, -0.15) is 13.2 Å². The molecule has 0 unspecified atom stereocenters. The van der Waals surface area contributed by atoms with Crippen LogP contribution in [0.1, 0.15) is 24.5 Å². The van der Waals surface area contributed by atoms with Crippen molar-refractivity contribution in [2.24, 2.45) is 10.7 Å². The number of hydrogen-bond donors (Lipinski definition) is 1. The van der Waals surface area contributed by atoms with Crippen molar-refractivity contribution >= 4 is 5.84 Å². The second-order valence-corrected chi connectivity index (χ2v) is 3.36. The third-order valence-corrected chi connectivity index (χ3v) is 2.08. The molecule has 0 aliphatic heterocycles. The summed E-state index contributed by atoms with van der Waals surface area (Å²) in [6.45, 7) is 2.02. The maximum Gasteiger partial charge on any atom is 0.416 e. The zero-order valence-corrected chi connectivity index (χ0v) is 8.88. The first kappa shape index (κ1) is 12.5. The van der Waals surface area contributed by atoms with Crippen molar-refractivity contribution in [2.75, 3.05) is 0 Å². The number of halogens is 3. The van der Waals surface area contributed by atoms with E-state index < -0.39 is 11.7 Å². The summed E-state index contributed by atoms with van der Waals surface area (Å²) in [5, 5.41) is 0. The Bertz CT molecular complexity index is 383. The molecule has 1 rings (SSSR count). The number of hydrogen-bond acceptors (Lipinski definition) is 1. The summed E-state index contributed by atoms with van der Waals surface area (Å²) in [4.78, 5) is 3.96. The SMILES string of the molecule is CCC(N)=NCc1cccc(C(F)(F)F)c1. The number of rotatable bonds is 3. The molecule has 2 nitrogen and oxygen atoms in total. The van der Waals surface area contributed by atoms with E-state index in [-0.39, 0.29) is 6.54 Å². The van der Waals surface area contributed by atoms with Crippen LogP contribution in [0.3, 0.4) is 0 Å². The van der Waals surface area contributed by atoms with E-state index in [9.17, 15) is 13.2 Å². The van der Waals surface area contributed by atoms with Crippen LogP contribution in [0.5, 0.6) is 0 Å². The number of nitrogens with two attached hydrogens (primary N) is 1. The molecule has 1 aromatic carbocycles. The minimum Gasteiger partial charge on any atom is -0.387 e. The maximum atomic E-state index is 12.4. The fourth-order valence-electron chi connectivity index (χ4n) is 1.15. The molecule has 0 aliphatic carbocycles. The Hall–Kier alpha value is -1.52. The first-order valence-electron chi connectivity index (χ1n) is 4.88. The van der Waals surface area contributed by atoms with E-state index in [0.717, 1.165) is 12.1 Å². The Morgan fingerprint density at radius 1 is 1.38 bits per heavy atom. The molecular formula is C11H13F3N2. The lowest BCUT2D eigenvalue weighted by Gasteiger charge is -2.07. The van der Waals surface area contributed by atoms with Gasteiger partial charge in [-0.3, -0.25) is 4.99 Å². The highest BCUT2D eigenvalue weighted by Crippen LogP contribution is 2.29. The van der Waals surface area contributed by atoms with Gasteiger partial charge in [0.2, 0.25) is 0 Å². The molecule has 0 heterocycles. The molecule has 5 heteroatoms. The molecule has 0 aliphatic rings. The molecule has 0 radical (unpaired) electrons. The van der Waals surface area contributed by atoms with Crippen LogP contribution in [0.25, 0.3) is 0 Å². The molecule has 16 heavy (non-hydrogen) atoms. The molecule has 0 aromatic heterocycles. The van der Waals surface area contributed by atoms with Gasteiger partial charge in [0.15, 0.2) is 0 Å². The highest BCUT2D eigenvalue weighted by Gasteiger charge is 2.30. The number of nitrogens with zero attached hydrogens (tertiary/aromatic N) is 1. The summed E-state index contributed by atoms with van der Waals surface area (Å²) in [6.07, 6.45) is -3.71. The van der Waals surface area contributed by atoms with Gasteiger partial charge in [-0.15, -0.1) is 0 Å². The summed E-state index contributed by atoms with van der Waals surface area (Å²) in [5.41, 5.74) is 5.32. The van der Waals surface area contributed by atoms with Crippen LogP contribution >= 0.6 is 0 Å². The summed E-state index contributed by atoms with van der Waals surface area (Å²) >= 11 is 0. The Balaban J connectivity index is 2.84. The smallest absolute Gasteiger partial charge is 0.387 e. The van der Waals surface area contributed by atoms with Gasteiger partial charge in [-0.05, 0) is 17.7 Å². The second-order valence-electron chi connectivity index (χ2n) is 3.36. The van der Waals surface area contributed by atoms with Crippen molar-refractivity contribution in [2.45, 2.75) is 26.1 Å². The van der Waals surface area contributed by atoms with Crippen molar-refractivity contribution in [3.63, 3.8) is 0 Å². The van der Waals surface area contributed by atoms with E-state index in [4.69, 9.17) is 5.73 Å². The molecule has 0 amide bonds. The maximum absolute atomic E-state index is 12.4. The minimum atomic E-state index is -4.31. The zero-order valence-electron chi connectivity index (χ0n) is 8.88. The monoisotopic (exact) mass is 230 g/mol. The van der Waals surface area contributed by atoms with Crippen LogP contribution in [0.15, 0.2) is 29.3 Å². The normalized spacial score (nSPS) is 12.9. The zero-order chi connectivity index (χ0) is 12.2. The molecule has 1 aromatic rings. The van der Waals surface area contributed by atoms with Gasteiger partial charge in [-0.25, -0.2) is 0 Å². The van der Waals surface area contributed by atoms with Gasteiger partial charge in [0.05, 0.1) is 17.9 Å². The van der Waals surface area contributed by atoms with Gasteiger partial charge in [0.25, 0.3) is 0 Å². The second kappa shape index (κ2) is 5.01. The fourth-order valence-corrected chi connectivity index (χ4v) is 1.15. The molecule has 0 saturated heterocycles. The van der Waals surface area contributed by atoms with E-state index in [0.29, 0.717) is 17.8 Å². The lowest BCUT2D eigenvalue weighted by Crippen LogP contribution is -2.10. The highest BCUT2D eigenvalue weighted by molar-refractivity contribution is 5.79.